The van der Waals surface area contributed by atoms with Gasteiger partial charge in [-0.25, -0.2) is 0 Å². The molecule has 0 saturated carbocycles. The highest BCUT2D eigenvalue weighted by Gasteiger charge is 2.20. The molecule has 118 valence electrons. The minimum absolute atomic E-state index is 0.194. The number of carbonyl (C=O) groups excluding carboxylic acids is 1. The highest BCUT2D eigenvalue weighted by Crippen LogP contribution is 2.39. The lowest BCUT2D eigenvalue weighted by Gasteiger charge is -2.15. The number of rotatable bonds is 9. The van der Waals surface area contributed by atoms with Gasteiger partial charge in [0, 0.05) is 6.54 Å². The predicted molar refractivity (Wildman–Crippen MR) is 81.3 cm³/mol. The van der Waals surface area contributed by atoms with Crippen molar-refractivity contribution in [1.82, 2.24) is 5.32 Å². The van der Waals surface area contributed by atoms with Gasteiger partial charge in [0.05, 0.1) is 26.9 Å². The van der Waals surface area contributed by atoms with Gasteiger partial charge in [0.1, 0.15) is 0 Å². The van der Waals surface area contributed by atoms with Crippen molar-refractivity contribution in [1.29, 1.82) is 0 Å². The van der Waals surface area contributed by atoms with Gasteiger partial charge in [-0.1, -0.05) is 6.42 Å². The molecule has 6 nitrogen and oxygen atoms in total. The number of nitrogens with one attached hydrogen (secondary N) is 1. The van der Waals surface area contributed by atoms with Crippen molar-refractivity contribution < 1.29 is 19.0 Å². The second kappa shape index (κ2) is 9.07. The summed E-state index contributed by atoms with van der Waals surface area (Å²) in [5.41, 5.74) is 5.85. The summed E-state index contributed by atoms with van der Waals surface area (Å²) in [4.78, 5) is 12.2. The number of methoxy groups -OCH3 is 3. The number of ether oxygens (including phenoxy) is 3. The zero-order chi connectivity index (χ0) is 15.7. The van der Waals surface area contributed by atoms with Crippen molar-refractivity contribution in [3.8, 4) is 17.2 Å². The van der Waals surface area contributed by atoms with Crippen molar-refractivity contribution in [3.63, 3.8) is 0 Å². The fourth-order valence-electron chi connectivity index (χ4n) is 2.02. The summed E-state index contributed by atoms with van der Waals surface area (Å²) in [5.74, 6) is 1.11. The summed E-state index contributed by atoms with van der Waals surface area (Å²) in [6.45, 7) is 1.29. The summed E-state index contributed by atoms with van der Waals surface area (Å²) in [6, 6.07) is 3.35. The van der Waals surface area contributed by atoms with Gasteiger partial charge in [0.2, 0.25) is 5.75 Å². The zero-order valence-electron chi connectivity index (χ0n) is 12.9. The van der Waals surface area contributed by atoms with Gasteiger partial charge in [-0.15, -0.1) is 0 Å². The largest absolute Gasteiger partial charge is 0.493 e. The number of hydrogen-bond donors (Lipinski definition) is 2. The Morgan fingerprint density at radius 2 is 1.76 bits per heavy atom. The second-order valence-electron chi connectivity index (χ2n) is 4.49. The summed E-state index contributed by atoms with van der Waals surface area (Å²) < 4.78 is 15.7. The van der Waals surface area contributed by atoms with Gasteiger partial charge >= 0.3 is 0 Å². The van der Waals surface area contributed by atoms with E-state index in [-0.39, 0.29) is 5.91 Å². The Hall–Kier alpha value is -1.95. The van der Waals surface area contributed by atoms with Gasteiger partial charge in [-0.2, -0.15) is 0 Å². The summed E-state index contributed by atoms with van der Waals surface area (Å²) >= 11 is 0. The fraction of sp³-hybridized carbons (Fsp3) is 0.533. The minimum Gasteiger partial charge on any atom is -0.493 e. The Bertz CT molecular complexity index is 463. The van der Waals surface area contributed by atoms with E-state index in [1.165, 1.54) is 21.3 Å². The minimum atomic E-state index is -0.194. The maximum absolute atomic E-state index is 12.2. The monoisotopic (exact) mass is 296 g/mol. The van der Waals surface area contributed by atoms with Crippen LogP contribution in [-0.2, 0) is 0 Å². The smallest absolute Gasteiger partial charge is 0.255 e. The average Bonchev–Trinajstić information content (AvgIpc) is 2.52. The van der Waals surface area contributed by atoms with Crippen molar-refractivity contribution in [2.75, 3.05) is 34.4 Å². The van der Waals surface area contributed by atoms with E-state index in [4.69, 9.17) is 19.9 Å². The fourth-order valence-corrected chi connectivity index (χ4v) is 2.02. The molecule has 1 aromatic carbocycles. The van der Waals surface area contributed by atoms with Crippen LogP contribution in [-0.4, -0.2) is 40.3 Å². The average molecular weight is 296 g/mol. The molecule has 0 heterocycles. The van der Waals surface area contributed by atoms with Crippen LogP contribution < -0.4 is 25.3 Å². The molecule has 0 unspecified atom stereocenters. The molecule has 21 heavy (non-hydrogen) atoms. The van der Waals surface area contributed by atoms with Crippen LogP contribution in [0, 0.1) is 0 Å². The van der Waals surface area contributed by atoms with Crippen LogP contribution >= 0.6 is 0 Å². The van der Waals surface area contributed by atoms with Crippen LogP contribution in [0.3, 0.4) is 0 Å². The zero-order valence-corrected chi connectivity index (χ0v) is 12.9. The van der Waals surface area contributed by atoms with Gasteiger partial charge in [0.25, 0.3) is 5.91 Å². The third-order valence-electron chi connectivity index (χ3n) is 3.12. The van der Waals surface area contributed by atoms with Gasteiger partial charge in [0.15, 0.2) is 11.5 Å². The van der Waals surface area contributed by atoms with Crippen molar-refractivity contribution in [3.05, 3.63) is 17.7 Å². The number of unbranched alkanes of at least 4 members (excludes halogenated alkanes) is 2. The summed E-state index contributed by atoms with van der Waals surface area (Å²) in [6.07, 6.45) is 2.87. The molecule has 0 atom stereocenters. The molecule has 6 heteroatoms. The topological polar surface area (TPSA) is 82.8 Å². The molecular weight excluding hydrogens is 272 g/mol. The first-order valence-electron chi connectivity index (χ1n) is 6.96. The lowest BCUT2D eigenvalue weighted by Crippen LogP contribution is -2.25. The van der Waals surface area contributed by atoms with Crippen LogP contribution in [0.5, 0.6) is 17.2 Å². The molecule has 0 bridgehead atoms. The van der Waals surface area contributed by atoms with Gasteiger partial charge in [-0.05, 0) is 31.5 Å². The Morgan fingerprint density at radius 3 is 2.33 bits per heavy atom. The molecule has 1 aromatic rings. The molecule has 0 aliphatic carbocycles. The highest BCUT2D eigenvalue weighted by molar-refractivity contribution is 5.98. The van der Waals surface area contributed by atoms with Crippen LogP contribution in [0.15, 0.2) is 12.1 Å². The van der Waals surface area contributed by atoms with E-state index in [1.54, 1.807) is 12.1 Å². The highest BCUT2D eigenvalue weighted by atomic mass is 16.5. The van der Waals surface area contributed by atoms with Crippen molar-refractivity contribution >= 4 is 5.91 Å². The van der Waals surface area contributed by atoms with E-state index in [2.05, 4.69) is 5.32 Å². The predicted octanol–water partition coefficient (Wildman–Crippen LogP) is 1.57. The molecular formula is C15H24N2O4. The first-order valence-corrected chi connectivity index (χ1v) is 6.96. The van der Waals surface area contributed by atoms with Crippen LogP contribution in [0.1, 0.15) is 29.6 Å². The lowest BCUT2D eigenvalue weighted by atomic mass is 10.1. The molecule has 0 aliphatic heterocycles. The van der Waals surface area contributed by atoms with E-state index in [0.717, 1.165) is 19.3 Å². The molecule has 0 aromatic heterocycles. The normalized spacial score (nSPS) is 10.1. The maximum atomic E-state index is 12.2. The van der Waals surface area contributed by atoms with E-state index in [1.807, 2.05) is 0 Å². The van der Waals surface area contributed by atoms with E-state index >= 15 is 0 Å². The first-order chi connectivity index (χ1) is 10.2. The number of amides is 1. The molecule has 0 fully saturated rings. The number of carbonyl (C=O) groups is 1. The standard InChI is InChI=1S/C15H24N2O4/c1-19-12-8-7-11(13(20-2)14(12)21-3)15(18)17-10-6-4-5-9-16/h7-8H,4-6,9-10,16H2,1-3H3,(H,17,18). The van der Waals surface area contributed by atoms with Crippen molar-refractivity contribution in [2.45, 2.75) is 19.3 Å². The van der Waals surface area contributed by atoms with Gasteiger partial charge < -0.3 is 25.3 Å². The molecule has 1 rings (SSSR count). The summed E-state index contributed by atoms with van der Waals surface area (Å²) in [5, 5.41) is 2.87. The Labute approximate surface area is 125 Å². The summed E-state index contributed by atoms with van der Waals surface area (Å²) in [7, 11) is 4.54. The Balaban J connectivity index is 2.79. The van der Waals surface area contributed by atoms with Crippen LogP contribution in [0.4, 0.5) is 0 Å². The van der Waals surface area contributed by atoms with Crippen molar-refractivity contribution in [2.24, 2.45) is 5.73 Å². The molecule has 0 radical (unpaired) electrons. The SMILES string of the molecule is COc1ccc(C(=O)NCCCCCN)c(OC)c1OC. The maximum Gasteiger partial charge on any atom is 0.255 e. The Morgan fingerprint density at radius 1 is 1.05 bits per heavy atom. The third kappa shape index (κ3) is 4.53. The van der Waals surface area contributed by atoms with E-state index in [9.17, 15) is 4.79 Å². The first kappa shape index (κ1) is 17.1. The molecule has 0 saturated heterocycles. The number of hydrogen-bond acceptors (Lipinski definition) is 5. The molecule has 1 amide bonds. The van der Waals surface area contributed by atoms with Crippen LogP contribution in [0.25, 0.3) is 0 Å². The number of nitrogens with two attached hydrogens (primary N) is 1. The van der Waals surface area contributed by atoms with Gasteiger partial charge in [-0.3, -0.25) is 4.79 Å². The number of benzene rings is 1. The molecule has 0 spiro atoms. The third-order valence-corrected chi connectivity index (χ3v) is 3.12. The lowest BCUT2D eigenvalue weighted by molar-refractivity contribution is 0.0949. The second-order valence-corrected chi connectivity index (χ2v) is 4.49. The quantitative estimate of drug-likeness (QED) is 0.676. The Kier molecular flexibility index (Phi) is 7.39. The van der Waals surface area contributed by atoms with Crippen LogP contribution in [0.2, 0.25) is 0 Å². The van der Waals surface area contributed by atoms with E-state index < -0.39 is 0 Å². The molecule has 0 aliphatic rings. The van der Waals surface area contributed by atoms with E-state index in [0.29, 0.717) is 35.9 Å². The molecule has 3 N–H and O–H groups in total.